The Morgan fingerprint density at radius 1 is 1.59 bits per heavy atom. The van der Waals surface area contributed by atoms with Gasteiger partial charge in [-0.05, 0) is 6.42 Å². The number of hydrogen-bond acceptors (Lipinski definition) is 5. The molecule has 1 unspecified atom stereocenters. The van der Waals surface area contributed by atoms with Gasteiger partial charge < -0.3 is 21.9 Å². The summed E-state index contributed by atoms with van der Waals surface area (Å²) in [5, 5.41) is 17.8. The maximum Gasteiger partial charge on any atom is 0.274 e. The topological polar surface area (TPSA) is 147 Å². The number of aryl methyl sites for hydroxylation is 1. The van der Waals surface area contributed by atoms with E-state index in [1.807, 2.05) is 6.92 Å². The predicted molar refractivity (Wildman–Crippen MR) is 59.9 cm³/mol. The second-order valence-electron chi connectivity index (χ2n) is 3.45. The van der Waals surface area contributed by atoms with Crippen molar-refractivity contribution >= 4 is 17.5 Å². The zero-order chi connectivity index (χ0) is 13.0. The second kappa shape index (κ2) is 5.30. The first-order valence-electron chi connectivity index (χ1n) is 5.05. The van der Waals surface area contributed by atoms with Gasteiger partial charge in [-0.15, -0.1) is 0 Å². The van der Waals surface area contributed by atoms with Crippen LogP contribution in [0.3, 0.4) is 0 Å². The number of carbonyl (C=O) groups excluding carboxylic acids is 2. The van der Waals surface area contributed by atoms with E-state index in [0.717, 1.165) is 0 Å². The van der Waals surface area contributed by atoms with E-state index in [1.165, 1.54) is 0 Å². The number of nitrogen functional groups attached to an aromatic ring is 1. The van der Waals surface area contributed by atoms with Crippen LogP contribution in [0.25, 0.3) is 0 Å². The molecular formula is C9H15N5O3. The first kappa shape index (κ1) is 13.0. The number of aromatic amines is 1. The molecule has 1 rings (SSSR count). The summed E-state index contributed by atoms with van der Waals surface area (Å²) in [4.78, 5) is 22.1. The number of aromatic nitrogens is 2. The molecule has 0 bridgehead atoms. The van der Waals surface area contributed by atoms with Gasteiger partial charge >= 0.3 is 0 Å². The third kappa shape index (κ3) is 2.94. The number of anilines is 1. The van der Waals surface area contributed by atoms with E-state index < -0.39 is 17.9 Å². The van der Waals surface area contributed by atoms with Gasteiger partial charge in [-0.3, -0.25) is 14.7 Å². The highest BCUT2D eigenvalue weighted by Crippen LogP contribution is 2.13. The number of nitrogens with one attached hydrogen (secondary N) is 2. The molecule has 0 aliphatic rings. The maximum absolute atomic E-state index is 11.6. The van der Waals surface area contributed by atoms with Crippen LogP contribution in [0, 0.1) is 0 Å². The molecule has 0 aliphatic heterocycles. The average Bonchev–Trinajstić information content (AvgIpc) is 2.66. The Morgan fingerprint density at radius 2 is 2.24 bits per heavy atom. The molecule has 7 N–H and O–H groups in total. The Bertz CT molecular complexity index is 428. The summed E-state index contributed by atoms with van der Waals surface area (Å²) in [5.74, 6) is -1.48. The van der Waals surface area contributed by atoms with Crippen LogP contribution in [-0.4, -0.2) is 39.8 Å². The molecule has 0 aromatic carbocycles. The summed E-state index contributed by atoms with van der Waals surface area (Å²) in [7, 11) is 0. The standard InChI is InChI=1S/C9H15N5O3/c1-2-4-6(10)7(14-13-4)9(17)12-3-5(15)8(11)16/h5,15H,2-3,10H2,1H3,(H2,11,16)(H,12,17)(H,13,14). The van der Waals surface area contributed by atoms with Gasteiger partial charge in [-0.1, -0.05) is 6.92 Å². The van der Waals surface area contributed by atoms with Gasteiger partial charge in [0.25, 0.3) is 5.91 Å². The minimum atomic E-state index is -1.43. The van der Waals surface area contributed by atoms with Crippen LogP contribution >= 0.6 is 0 Å². The van der Waals surface area contributed by atoms with E-state index in [-0.39, 0.29) is 17.9 Å². The summed E-state index contributed by atoms with van der Waals surface area (Å²) < 4.78 is 0. The molecule has 1 atom stereocenters. The minimum Gasteiger partial charge on any atom is -0.395 e. The van der Waals surface area contributed by atoms with E-state index in [0.29, 0.717) is 12.1 Å². The summed E-state index contributed by atoms with van der Waals surface area (Å²) in [6.07, 6.45) is -0.805. The zero-order valence-electron chi connectivity index (χ0n) is 9.36. The van der Waals surface area contributed by atoms with Gasteiger partial charge in [-0.25, -0.2) is 0 Å². The number of amides is 2. The smallest absolute Gasteiger partial charge is 0.274 e. The van der Waals surface area contributed by atoms with Crippen molar-refractivity contribution in [1.29, 1.82) is 0 Å². The average molecular weight is 241 g/mol. The van der Waals surface area contributed by atoms with E-state index in [4.69, 9.17) is 16.6 Å². The number of aliphatic hydroxyl groups is 1. The fourth-order valence-corrected chi connectivity index (χ4v) is 1.20. The largest absolute Gasteiger partial charge is 0.395 e. The first-order chi connectivity index (χ1) is 7.97. The molecule has 8 nitrogen and oxygen atoms in total. The molecule has 17 heavy (non-hydrogen) atoms. The van der Waals surface area contributed by atoms with Crippen molar-refractivity contribution in [3.8, 4) is 0 Å². The Kier molecular flexibility index (Phi) is 4.05. The lowest BCUT2D eigenvalue weighted by atomic mass is 10.2. The van der Waals surface area contributed by atoms with Crippen LogP contribution < -0.4 is 16.8 Å². The van der Waals surface area contributed by atoms with Gasteiger partial charge in [0.05, 0.1) is 17.9 Å². The van der Waals surface area contributed by atoms with Crippen LogP contribution in [0.5, 0.6) is 0 Å². The molecule has 0 radical (unpaired) electrons. The van der Waals surface area contributed by atoms with Crippen molar-refractivity contribution in [2.24, 2.45) is 5.73 Å². The van der Waals surface area contributed by atoms with Crippen molar-refractivity contribution in [1.82, 2.24) is 15.5 Å². The first-order valence-corrected chi connectivity index (χ1v) is 5.05. The molecule has 0 aliphatic carbocycles. The third-order valence-corrected chi connectivity index (χ3v) is 2.24. The summed E-state index contributed by atoms with van der Waals surface area (Å²) >= 11 is 0. The molecule has 1 aromatic heterocycles. The minimum absolute atomic E-state index is 0.0403. The number of H-pyrrole nitrogens is 1. The third-order valence-electron chi connectivity index (χ3n) is 2.24. The van der Waals surface area contributed by atoms with Gasteiger partial charge in [-0.2, -0.15) is 5.10 Å². The van der Waals surface area contributed by atoms with E-state index in [1.54, 1.807) is 0 Å². The maximum atomic E-state index is 11.6. The van der Waals surface area contributed by atoms with Crippen molar-refractivity contribution in [3.63, 3.8) is 0 Å². The molecule has 0 spiro atoms. The monoisotopic (exact) mass is 241 g/mol. The van der Waals surface area contributed by atoms with Crippen LogP contribution in [0.1, 0.15) is 23.1 Å². The van der Waals surface area contributed by atoms with Crippen LogP contribution in [-0.2, 0) is 11.2 Å². The number of nitrogens with two attached hydrogens (primary N) is 2. The summed E-state index contributed by atoms with van der Waals surface area (Å²) in [6.45, 7) is 1.59. The number of carbonyl (C=O) groups is 2. The predicted octanol–water partition coefficient (Wildman–Crippen LogP) is -1.87. The quantitative estimate of drug-likeness (QED) is 0.409. The molecule has 0 saturated carbocycles. The lowest BCUT2D eigenvalue weighted by Crippen LogP contribution is -2.40. The van der Waals surface area contributed by atoms with Crippen molar-refractivity contribution in [2.75, 3.05) is 12.3 Å². The van der Waals surface area contributed by atoms with E-state index in [9.17, 15) is 9.59 Å². The van der Waals surface area contributed by atoms with Crippen molar-refractivity contribution in [2.45, 2.75) is 19.4 Å². The lowest BCUT2D eigenvalue weighted by molar-refractivity contribution is -0.125. The van der Waals surface area contributed by atoms with Crippen LogP contribution in [0.15, 0.2) is 0 Å². The van der Waals surface area contributed by atoms with Gasteiger partial charge in [0.1, 0.15) is 6.10 Å². The molecule has 1 heterocycles. The number of hydrogen-bond donors (Lipinski definition) is 5. The summed E-state index contributed by atoms with van der Waals surface area (Å²) in [5.41, 5.74) is 11.5. The lowest BCUT2D eigenvalue weighted by Gasteiger charge is -2.07. The molecule has 1 aromatic rings. The highest BCUT2D eigenvalue weighted by atomic mass is 16.3. The number of aliphatic hydroxyl groups excluding tert-OH is 1. The zero-order valence-corrected chi connectivity index (χ0v) is 9.36. The Labute approximate surface area is 97.4 Å². The number of rotatable bonds is 5. The molecule has 0 saturated heterocycles. The Morgan fingerprint density at radius 3 is 2.71 bits per heavy atom. The highest BCUT2D eigenvalue weighted by molar-refractivity contribution is 5.97. The van der Waals surface area contributed by atoms with E-state index in [2.05, 4.69) is 15.5 Å². The Hall–Kier alpha value is -2.09. The molecule has 2 amide bonds. The molecule has 0 fully saturated rings. The van der Waals surface area contributed by atoms with Crippen LogP contribution in [0.2, 0.25) is 0 Å². The fourth-order valence-electron chi connectivity index (χ4n) is 1.20. The van der Waals surface area contributed by atoms with Gasteiger partial charge in [0, 0.05) is 0 Å². The van der Waals surface area contributed by atoms with Crippen LogP contribution in [0.4, 0.5) is 5.69 Å². The number of nitrogens with zero attached hydrogens (tertiary/aromatic N) is 1. The number of primary amides is 1. The van der Waals surface area contributed by atoms with Gasteiger partial charge in [0.15, 0.2) is 5.69 Å². The molecular weight excluding hydrogens is 226 g/mol. The highest BCUT2D eigenvalue weighted by Gasteiger charge is 2.18. The fraction of sp³-hybridized carbons (Fsp3) is 0.444. The second-order valence-corrected chi connectivity index (χ2v) is 3.45. The molecule has 8 heteroatoms. The SMILES string of the molecule is CCc1[nH]nc(C(=O)NCC(O)C(N)=O)c1N. The van der Waals surface area contributed by atoms with E-state index >= 15 is 0 Å². The van der Waals surface area contributed by atoms with Crippen molar-refractivity contribution in [3.05, 3.63) is 11.4 Å². The molecule has 94 valence electrons. The van der Waals surface area contributed by atoms with Crippen molar-refractivity contribution < 1.29 is 14.7 Å². The normalized spacial score (nSPS) is 12.1. The van der Waals surface area contributed by atoms with Gasteiger partial charge in [0.2, 0.25) is 5.91 Å². The summed E-state index contributed by atoms with van der Waals surface area (Å²) in [6, 6.07) is 0. The Balaban J connectivity index is 2.64.